The molecule has 2 aliphatic carbocycles. The van der Waals surface area contributed by atoms with E-state index in [4.69, 9.17) is 4.74 Å². The van der Waals surface area contributed by atoms with E-state index in [9.17, 15) is 19.5 Å². The van der Waals surface area contributed by atoms with Gasteiger partial charge in [-0.05, 0) is 43.6 Å². The first-order valence-corrected chi connectivity index (χ1v) is 9.63. The predicted molar refractivity (Wildman–Crippen MR) is 95.8 cm³/mol. The lowest BCUT2D eigenvalue weighted by Crippen LogP contribution is -2.41. The Bertz CT molecular complexity index is 766. The summed E-state index contributed by atoms with van der Waals surface area (Å²) in [6.07, 6.45) is 6.83. The van der Waals surface area contributed by atoms with Gasteiger partial charge in [0.25, 0.3) is 0 Å². The SMILES string of the molecule is COC(=O)c1c(NC(=O)[C@H]2CC=CC[C@@H]2C(=O)[O-])sc2c1CC[C@H](C)C2. The zero-order chi connectivity index (χ0) is 18.8. The van der Waals surface area contributed by atoms with Gasteiger partial charge >= 0.3 is 5.97 Å². The molecule has 2 aliphatic rings. The van der Waals surface area contributed by atoms with Crippen LogP contribution < -0.4 is 10.4 Å². The number of esters is 1. The molecule has 3 atom stereocenters. The maximum absolute atomic E-state index is 12.7. The van der Waals surface area contributed by atoms with Crippen LogP contribution in [0, 0.1) is 17.8 Å². The number of hydrogen-bond acceptors (Lipinski definition) is 6. The Labute approximate surface area is 156 Å². The highest BCUT2D eigenvalue weighted by Crippen LogP contribution is 2.40. The number of fused-ring (bicyclic) bond motifs is 1. The summed E-state index contributed by atoms with van der Waals surface area (Å²) in [7, 11) is 1.32. The number of carboxylic acid groups (broad SMARTS) is 1. The van der Waals surface area contributed by atoms with Gasteiger partial charge in [-0.2, -0.15) is 0 Å². The van der Waals surface area contributed by atoms with Gasteiger partial charge in [-0.3, -0.25) is 4.79 Å². The van der Waals surface area contributed by atoms with E-state index in [1.165, 1.54) is 18.4 Å². The molecule has 0 fully saturated rings. The number of thiophene rings is 1. The molecule has 0 saturated heterocycles. The summed E-state index contributed by atoms with van der Waals surface area (Å²) in [5, 5.41) is 14.6. The molecule has 1 amide bonds. The minimum absolute atomic E-state index is 0.280. The lowest BCUT2D eigenvalue weighted by Gasteiger charge is -2.28. The lowest BCUT2D eigenvalue weighted by molar-refractivity contribution is -0.313. The molecule has 26 heavy (non-hydrogen) atoms. The Morgan fingerprint density at radius 3 is 2.58 bits per heavy atom. The van der Waals surface area contributed by atoms with Crippen LogP contribution in [0.5, 0.6) is 0 Å². The van der Waals surface area contributed by atoms with Gasteiger partial charge in [0, 0.05) is 16.8 Å². The summed E-state index contributed by atoms with van der Waals surface area (Å²) >= 11 is 1.40. The largest absolute Gasteiger partial charge is 0.550 e. The molecule has 0 saturated carbocycles. The van der Waals surface area contributed by atoms with E-state index < -0.39 is 23.8 Å². The smallest absolute Gasteiger partial charge is 0.341 e. The molecule has 1 heterocycles. The summed E-state index contributed by atoms with van der Waals surface area (Å²) < 4.78 is 4.92. The molecule has 140 valence electrons. The van der Waals surface area contributed by atoms with Gasteiger partial charge in [0.15, 0.2) is 0 Å². The highest BCUT2D eigenvalue weighted by atomic mass is 32.1. The second kappa shape index (κ2) is 7.61. The van der Waals surface area contributed by atoms with Crippen LogP contribution in [0.3, 0.4) is 0 Å². The molecule has 0 unspecified atom stereocenters. The van der Waals surface area contributed by atoms with E-state index in [-0.39, 0.29) is 12.3 Å². The monoisotopic (exact) mass is 376 g/mol. The topological polar surface area (TPSA) is 95.5 Å². The van der Waals surface area contributed by atoms with Gasteiger partial charge in [0.2, 0.25) is 5.91 Å². The fourth-order valence-corrected chi connectivity index (χ4v) is 5.13. The van der Waals surface area contributed by atoms with Gasteiger partial charge in [-0.25, -0.2) is 4.79 Å². The molecule has 1 N–H and O–H groups in total. The third-order valence-electron chi connectivity index (χ3n) is 5.21. The van der Waals surface area contributed by atoms with Crippen LogP contribution >= 0.6 is 11.3 Å². The Balaban J connectivity index is 1.89. The summed E-state index contributed by atoms with van der Waals surface area (Å²) in [4.78, 5) is 37.5. The molecule has 0 aromatic carbocycles. The Morgan fingerprint density at radius 1 is 1.23 bits per heavy atom. The van der Waals surface area contributed by atoms with Crippen molar-refractivity contribution in [3.8, 4) is 0 Å². The predicted octanol–water partition coefficient (Wildman–Crippen LogP) is 1.93. The molecule has 7 heteroatoms. The normalized spacial score (nSPS) is 24.6. The van der Waals surface area contributed by atoms with Crippen molar-refractivity contribution in [1.29, 1.82) is 0 Å². The maximum atomic E-state index is 12.7. The number of hydrogen-bond donors (Lipinski definition) is 1. The van der Waals surface area contributed by atoms with Crippen LogP contribution in [0.2, 0.25) is 0 Å². The second-order valence-corrected chi connectivity index (χ2v) is 8.12. The van der Waals surface area contributed by atoms with Crippen LogP contribution in [0.4, 0.5) is 5.00 Å². The van der Waals surface area contributed by atoms with Crippen molar-refractivity contribution in [3.63, 3.8) is 0 Å². The van der Waals surface area contributed by atoms with Crippen LogP contribution in [0.25, 0.3) is 0 Å². The Morgan fingerprint density at radius 2 is 1.92 bits per heavy atom. The van der Waals surface area contributed by atoms with Crippen molar-refractivity contribution in [1.82, 2.24) is 0 Å². The molecule has 1 aromatic rings. The fraction of sp³-hybridized carbons (Fsp3) is 0.526. The van der Waals surface area contributed by atoms with Gasteiger partial charge in [-0.15, -0.1) is 11.3 Å². The summed E-state index contributed by atoms with van der Waals surface area (Å²) in [6.45, 7) is 2.16. The first-order valence-electron chi connectivity index (χ1n) is 8.82. The number of rotatable bonds is 4. The number of ether oxygens (including phenoxy) is 1. The highest BCUT2D eigenvalue weighted by Gasteiger charge is 2.33. The van der Waals surface area contributed by atoms with E-state index in [0.717, 1.165) is 29.7 Å². The number of carbonyl (C=O) groups is 3. The number of anilines is 1. The standard InChI is InChI=1S/C19H23NO5S/c1-10-7-8-13-14(9-10)26-17(15(13)19(24)25-2)20-16(21)11-5-3-4-6-12(11)18(22)23/h3-4,10-12H,5-9H2,1-2H3,(H,20,21)(H,22,23)/p-1/t10-,11-,12-/m0/s1. The van der Waals surface area contributed by atoms with Gasteiger partial charge < -0.3 is 20.0 Å². The van der Waals surface area contributed by atoms with Crippen molar-refractivity contribution in [3.05, 3.63) is 28.2 Å². The molecule has 0 radical (unpaired) electrons. The first kappa shape index (κ1) is 18.6. The highest BCUT2D eigenvalue weighted by molar-refractivity contribution is 7.17. The fourth-order valence-electron chi connectivity index (χ4n) is 3.73. The number of amides is 1. The molecule has 0 spiro atoms. The molecular formula is C19H22NO5S-. The summed E-state index contributed by atoms with van der Waals surface area (Å²) in [5.41, 5.74) is 1.37. The number of aliphatic carboxylic acids is 1. The van der Waals surface area contributed by atoms with E-state index in [2.05, 4.69) is 12.2 Å². The number of methoxy groups -OCH3 is 1. The molecular weight excluding hydrogens is 354 g/mol. The van der Waals surface area contributed by atoms with E-state index >= 15 is 0 Å². The average Bonchev–Trinajstić information content (AvgIpc) is 2.97. The molecule has 6 nitrogen and oxygen atoms in total. The third-order valence-corrected chi connectivity index (χ3v) is 6.38. The molecule has 0 aliphatic heterocycles. The van der Waals surface area contributed by atoms with E-state index in [1.807, 2.05) is 6.08 Å². The maximum Gasteiger partial charge on any atom is 0.341 e. The zero-order valence-electron chi connectivity index (χ0n) is 14.9. The van der Waals surface area contributed by atoms with Crippen LogP contribution in [0.15, 0.2) is 12.2 Å². The van der Waals surface area contributed by atoms with Gasteiger partial charge in [0.05, 0.1) is 18.6 Å². The second-order valence-electron chi connectivity index (χ2n) is 7.01. The number of nitrogens with one attached hydrogen (secondary N) is 1. The molecule has 1 aromatic heterocycles. The van der Waals surface area contributed by atoms with Crippen molar-refractivity contribution in [2.75, 3.05) is 12.4 Å². The number of carboxylic acids is 1. The van der Waals surface area contributed by atoms with Gasteiger partial charge in [0.1, 0.15) is 5.00 Å². The molecule has 0 bridgehead atoms. The van der Waals surface area contributed by atoms with Crippen molar-refractivity contribution in [2.24, 2.45) is 17.8 Å². The summed E-state index contributed by atoms with van der Waals surface area (Å²) in [6, 6.07) is 0. The van der Waals surface area contributed by atoms with E-state index in [0.29, 0.717) is 22.9 Å². The lowest BCUT2D eigenvalue weighted by atomic mass is 9.82. The van der Waals surface area contributed by atoms with Crippen molar-refractivity contribution in [2.45, 2.75) is 39.0 Å². The van der Waals surface area contributed by atoms with Crippen molar-refractivity contribution < 1.29 is 24.2 Å². The number of allylic oxidation sites excluding steroid dienone is 2. The van der Waals surface area contributed by atoms with Crippen LogP contribution in [-0.4, -0.2) is 25.0 Å². The minimum Gasteiger partial charge on any atom is -0.550 e. The Hall–Kier alpha value is -2.15. The summed E-state index contributed by atoms with van der Waals surface area (Å²) in [5.74, 6) is -3.10. The zero-order valence-corrected chi connectivity index (χ0v) is 15.7. The minimum atomic E-state index is -1.22. The van der Waals surface area contributed by atoms with Crippen LogP contribution in [0.1, 0.15) is 47.0 Å². The Kier molecular flexibility index (Phi) is 5.46. The molecule has 3 rings (SSSR count). The third kappa shape index (κ3) is 3.53. The quantitative estimate of drug-likeness (QED) is 0.640. The van der Waals surface area contributed by atoms with Crippen molar-refractivity contribution >= 4 is 34.2 Å². The average molecular weight is 376 g/mol. The number of carbonyl (C=O) groups excluding carboxylic acids is 3. The first-order chi connectivity index (χ1) is 12.4. The van der Waals surface area contributed by atoms with Crippen LogP contribution in [-0.2, 0) is 27.2 Å². The van der Waals surface area contributed by atoms with Gasteiger partial charge in [-0.1, -0.05) is 19.1 Å². The van der Waals surface area contributed by atoms with E-state index in [1.54, 1.807) is 6.08 Å².